The van der Waals surface area contributed by atoms with Gasteiger partial charge < -0.3 is 5.73 Å². The van der Waals surface area contributed by atoms with Gasteiger partial charge in [-0.3, -0.25) is 0 Å². The summed E-state index contributed by atoms with van der Waals surface area (Å²) in [6.07, 6.45) is 0.550. The van der Waals surface area contributed by atoms with Crippen LogP contribution in [0.15, 0.2) is 24.3 Å². The maximum absolute atomic E-state index is 13.0. The fraction of sp³-hybridized carbons (Fsp3) is 0.455. The molecular formula is C11H15FN2O2S. The van der Waals surface area contributed by atoms with Crippen LogP contribution in [0, 0.1) is 5.82 Å². The summed E-state index contributed by atoms with van der Waals surface area (Å²) in [5.74, 6) is -0.352. The van der Waals surface area contributed by atoms with Gasteiger partial charge in [0.2, 0.25) is 10.0 Å². The van der Waals surface area contributed by atoms with Crippen LogP contribution in [0.3, 0.4) is 0 Å². The molecule has 17 heavy (non-hydrogen) atoms. The Hall–Kier alpha value is -0.980. The number of nitrogens with zero attached hydrogens (tertiary/aromatic N) is 1. The minimum atomic E-state index is -3.30. The summed E-state index contributed by atoms with van der Waals surface area (Å²) >= 11 is 0. The van der Waals surface area contributed by atoms with Crippen molar-refractivity contribution in [1.29, 1.82) is 0 Å². The number of halogens is 1. The maximum Gasteiger partial charge on any atom is 0.218 e. The topological polar surface area (TPSA) is 63.4 Å². The first kappa shape index (κ1) is 12.5. The molecule has 0 aromatic heterocycles. The Morgan fingerprint density at radius 1 is 1.47 bits per heavy atom. The second-order valence-corrected chi connectivity index (χ2v) is 6.37. The predicted octanol–water partition coefficient (Wildman–Crippen LogP) is 0.688. The van der Waals surface area contributed by atoms with Crippen molar-refractivity contribution in [2.45, 2.75) is 18.2 Å². The summed E-state index contributed by atoms with van der Waals surface area (Å²) in [6.45, 7) is 0.819. The van der Waals surface area contributed by atoms with Crippen molar-refractivity contribution < 1.29 is 12.8 Å². The van der Waals surface area contributed by atoms with Gasteiger partial charge in [-0.25, -0.2) is 12.8 Å². The molecule has 0 saturated carbocycles. The molecule has 0 unspecified atom stereocenters. The lowest BCUT2D eigenvalue weighted by molar-refractivity contribution is 0.438. The van der Waals surface area contributed by atoms with E-state index < -0.39 is 15.3 Å². The van der Waals surface area contributed by atoms with Gasteiger partial charge in [0.25, 0.3) is 0 Å². The van der Waals surface area contributed by atoms with E-state index in [0.717, 1.165) is 0 Å². The summed E-state index contributed by atoms with van der Waals surface area (Å²) in [5.41, 5.74) is 6.08. The highest BCUT2D eigenvalue weighted by Gasteiger charge is 2.37. The molecule has 1 saturated heterocycles. The molecule has 1 aromatic carbocycles. The summed E-state index contributed by atoms with van der Waals surface area (Å²) in [5, 5.41) is -0.490. The Morgan fingerprint density at radius 2 is 2.24 bits per heavy atom. The van der Waals surface area contributed by atoms with Crippen LogP contribution >= 0.6 is 0 Å². The first-order chi connectivity index (χ1) is 8.04. The zero-order valence-corrected chi connectivity index (χ0v) is 10.2. The highest BCUT2D eigenvalue weighted by Crippen LogP contribution is 2.23. The molecule has 94 valence electrons. The third kappa shape index (κ3) is 2.48. The molecule has 0 aliphatic carbocycles. The SMILES string of the molecule is NC[C@H]1CCN(Cc2cccc(F)c2)S1(=O)=O. The molecule has 1 heterocycles. The minimum Gasteiger partial charge on any atom is -0.329 e. The summed E-state index contributed by atoms with van der Waals surface area (Å²) in [6, 6.07) is 5.98. The van der Waals surface area contributed by atoms with Gasteiger partial charge in [-0.1, -0.05) is 12.1 Å². The summed E-state index contributed by atoms with van der Waals surface area (Å²) in [7, 11) is -3.30. The van der Waals surface area contributed by atoms with Crippen molar-refractivity contribution in [2.24, 2.45) is 5.73 Å². The normalized spacial score (nSPS) is 24.0. The number of sulfonamides is 1. The Labute approximate surface area is 100 Å². The van der Waals surface area contributed by atoms with Crippen molar-refractivity contribution in [3.8, 4) is 0 Å². The van der Waals surface area contributed by atoms with Gasteiger partial charge in [0.1, 0.15) is 5.82 Å². The van der Waals surface area contributed by atoms with Crippen molar-refractivity contribution in [1.82, 2.24) is 4.31 Å². The largest absolute Gasteiger partial charge is 0.329 e. The van der Waals surface area contributed by atoms with Crippen molar-refractivity contribution in [3.05, 3.63) is 35.6 Å². The lowest BCUT2D eigenvalue weighted by Crippen LogP contribution is -2.32. The molecule has 0 amide bonds. The van der Waals surface area contributed by atoms with E-state index >= 15 is 0 Å². The minimum absolute atomic E-state index is 0.141. The molecule has 0 bridgehead atoms. The highest BCUT2D eigenvalue weighted by atomic mass is 32.2. The smallest absolute Gasteiger partial charge is 0.218 e. The van der Waals surface area contributed by atoms with E-state index in [-0.39, 0.29) is 18.9 Å². The van der Waals surface area contributed by atoms with Gasteiger partial charge >= 0.3 is 0 Å². The molecule has 1 aliphatic rings. The van der Waals surface area contributed by atoms with E-state index in [9.17, 15) is 12.8 Å². The van der Waals surface area contributed by atoms with Crippen molar-refractivity contribution in [3.63, 3.8) is 0 Å². The number of benzene rings is 1. The molecule has 2 N–H and O–H groups in total. The fourth-order valence-electron chi connectivity index (χ4n) is 2.02. The monoisotopic (exact) mass is 258 g/mol. The second-order valence-electron chi connectivity index (χ2n) is 4.15. The van der Waals surface area contributed by atoms with Crippen LogP contribution in [0.1, 0.15) is 12.0 Å². The van der Waals surface area contributed by atoms with Gasteiger partial charge in [0, 0.05) is 19.6 Å². The molecule has 6 heteroatoms. The average Bonchev–Trinajstić information content (AvgIpc) is 2.54. The molecule has 1 aliphatic heterocycles. The van der Waals surface area contributed by atoms with Gasteiger partial charge in [0.05, 0.1) is 5.25 Å². The zero-order valence-electron chi connectivity index (χ0n) is 9.34. The lowest BCUT2D eigenvalue weighted by atomic mass is 10.2. The molecule has 4 nitrogen and oxygen atoms in total. The molecular weight excluding hydrogens is 243 g/mol. The van der Waals surface area contributed by atoms with E-state index in [2.05, 4.69) is 0 Å². The van der Waals surface area contributed by atoms with Crippen molar-refractivity contribution >= 4 is 10.0 Å². The van der Waals surface area contributed by atoms with E-state index in [4.69, 9.17) is 5.73 Å². The average molecular weight is 258 g/mol. The Bertz CT molecular complexity index is 504. The Morgan fingerprint density at radius 3 is 2.82 bits per heavy atom. The van der Waals surface area contributed by atoms with Gasteiger partial charge in [0.15, 0.2) is 0 Å². The quantitative estimate of drug-likeness (QED) is 0.867. The lowest BCUT2D eigenvalue weighted by Gasteiger charge is -2.16. The van der Waals surface area contributed by atoms with Gasteiger partial charge in [-0.2, -0.15) is 4.31 Å². The molecule has 2 rings (SSSR count). The molecule has 1 atom stereocenters. The van der Waals surface area contributed by atoms with Crippen LogP contribution in [-0.2, 0) is 16.6 Å². The van der Waals surface area contributed by atoms with Gasteiger partial charge in [-0.05, 0) is 24.1 Å². The van der Waals surface area contributed by atoms with Crippen LogP contribution in [0.2, 0.25) is 0 Å². The fourth-order valence-corrected chi connectivity index (χ4v) is 3.78. The zero-order chi connectivity index (χ0) is 12.5. The maximum atomic E-state index is 13.0. The predicted molar refractivity (Wildman–Crippen MR) is 63.2 cm³/mol. The van der Waals surface area contributed by atoms with Gasteiger partial charge in [-0.15, -0.1) is 0 Å². The first-order valence-corrected chi connectivity index (χ1v) is 6.98. The molecule has 1 fully saturated rings. The summed E-state index contributed by atoms with van der Waals surface area (Å²) in [4.78, 5) is 0. The van der Waals surface area contributed by atoms with Crippen LogP contribution in [0.4, 0.5) is 4.39 Å². The molecule has 0 radical (unpaired) electrons. The second kappa shape index (κ2) is 4.72. The number of nitrogens with two attached hydrogens (primary N) is 1. The Kier molecular flexibility index (Phi) is 3.46. The van der Waals surface area contributed by atoms with Crippen LogP contribution in [-0.4, -0.2) is 31.1 Å². The van der Waals surface area contributed by atoms with E-state index in [1.165, 1.54) is 16.4 Å². The van der Waals surface area contributed by atoms with Crippen molar-refractivity contribution in [2.75, 3.05) is 13.1 Å². The molecule has 1 aromatic rings. The molecule has 0 spiro atoms. The highest BCUT2D eigenvalue weighted by molar-refractivity contribution is 7.90. The van der Waals surface area contributed by atoms with E-state index in [1.807, 2.05) is 0 Å². The van der Waals surface area contributed by atoms with Crippen LogP contribution < -0.4 is 5.73 Å². The third-order valence-corrected chi connectivity index (χ3v) is 5.29. The first-order valence-electron chi connectivity index (χ1n) is 5.47. The Balaban J connectivity index is 2.16. The number of hydrogen-bond donors (Lipinski definition) is 1. The number of hydrogen-bond acceptors (Lipinski definition) is 3. The van der Waals surface area contributed by atoms with Crippen LogP contribution in [0.5, 0.6) is 0 Å². The summed E-state index contributed by atoms with van der Waals surface area (Å²) < 4.78 is 38.3. The third-order valence-electron chi connectivity index (χ3n) is 2.99. The standard InChI is InChI=1S/C11H15FN2O2S/c12-10-3-1-2-9(6-10)8-14-5-4-11(7-13)17(14,15)16/h1-3,6,11H,4-5,7-8,13H2/t11-/m1/s1. The van der Waals surface area contributed by atoms with Crippen LogP contribution in [0.25, 0.3) is 0 Å². The number of rotatable bonds is 3. The van der Waals surface area contributed by atoms with E-state index in [1.54, 1.807) is 12.1 Å². The van der Waals surface area contributed by atoms with E-state index in [0.29, 0.717) is 18.5 Å².